The number of allylic oxidation sites excluding steroid dienone is 7. The molecule has 0 radical (unpaired) electrons. The molecule has 9 rings (SSSR count). The molecule has 0 aliphatic heterocycles. The Morgan fingerprint density at radius 2 is 1.20 bits per heavy atom. The Bertz CT molecular complexity index is 2340. The maximum absolute atomic E-state index is 4.76. The summed E-state index contributed by atoms with van der Waals surface area (Å²) in [4.78, 5) is 5.96. The van der Waals surface area contributed by atoms with Crippen molar-refractivity contribution in [1.29, 1.82) is 0 Å². The van der Waals surface area contributed by atoms with Crippen LogP contribution in [0.3, 0.4) is 0 Å². The maximum atomic E-state index is 4.76. The van der Waals surface area contributed by atoms with Gasteiger partial charge in [0.1, 0.15) is 0 Å². The Hall–Kier alpha value is -5.70. The second kappa shape index (κ2) is 17.6. The first kappa shape index (κ1) is 37.6. The zero-order valence-electron chi connectivity index (χ0n) is 32.1. The monoisotopic (exact) mass is 731 g/mol. The van der Waals surface area contributed by atoms with Gasteiger partial charge < -0.3 is 0 Å². The minimum absolute atomic E-state index is 0.253. The van der Waals surface area contributed by atoms with Gasteiger partial charge in [0.15, 0.2) is 0 Å². The molecule has 272 valence electrons. The number of nitrogens with zero attached hydrogens (tertiary/aromatic N) is 1. The number of aryl methyl sites for hydroxylation is 2. The summed E-state index contributed by atoms with van der Waals surface area (Å²) in [6.45, 7) is 6.22. The summed E-state index contributed by atoms with van der Waals surface area (Å²) in [6, 6.07) is 58.5. The normalized spacial score (nSPS) is 15.3. The lowest BCUT2D eigenvalue weighted by Crippen LogP contribution is -2.30. The summed E-state index contributed by atoms with van der Waals surface area (Å²) in [7, 11) is 0. The van der Waals surface area contributed by atoms with E-state index < -0.39 is 0 Å². The largest absolute Gasteiger partial charge is 0.261 e. The summed E-state index contributed by atoms with van der Waals surface area (Å²) >= 11 is 4.52. The topological polar surface area (TPSA) is 12.4 Å². The Kier molecular flexibility index (Phi) is 12.1. The van der Waals surface area contributed by atoms with Crippen LogP contribution >= 0.6 is 12.6 Å². The van der Waals surface area contributed by atoms with Crippen LogP contribution in [-0.2, 0) is 5.41 Å². The van der Waals surface area contributed by atoms with Gasteiger partial charge in [0, 0.05) is 11.8 Å². The van der Waals surface area contributed by atoms with Crippen molar-refractivity contribution >= 4 is 30.0 Å². The number of benzene rings is 6. The fraction of sp³-hybridized carbons (Fsp3) is 0.151. The van der Waals surface area contributed by atoms with E-state index in [-0.39, 0.29) is 5.41 Å². The molecule has 1 nitrogen and oxygen atoms in total. The highest BCUT2D eigenvalue weighted by Crippen LogP contribution is 2.58. The molecule has 0 unspecified atom stereocenters. The lowest BCUT2D eigenvalue weighted by molar-refractivity contribution is 0.694. The van der Waals surface area contributed by atoms with Gasteiger partial charge >= 0.3 is 0 Å². The van der Waals surface area contributed by atoms with Gasteiger partial charge in [0.25, 0.3) is 0 Å². The first-order chi connectivity index (χ1) is 27.0. The molecule has 0 amide bonds. The maximum Gasteiger partial charge on any atom is 0.0677 e. The molecular weight excluding hydrogens is 683 g/mol. The number of hydrogen-bond donors (Lipinski definition) is 1. The van der Waals surface area contributed by atoms with E-state index in [1.165, 1.54) is 71.7 Å². The third kappa shape index (κ3) is 8.07. The van der Waals surface area contributed by atoms with Gasteiger partial charge in [-0.15, -0.1) is 12.6 Å². The highest BCUT2D eigenvalue weighted by Gasteiger charge is 2.48. The molecule has 0 bridgehead atoms. The van der Waals surface area contributed by atoms with Crippen LogP contribution in [0.25, 0.3) is 22.3 Å². The molecule has 6 aromatic rings. The van der Waals surface area contributed by atoms with E-state index in [0.717, 1.165) is 31.4 Å². The number of fused-ring (bicyclic) bond motifs is 2. The molecular formula is C53H49NS. The van der Waals surface area contributed by atoms with Crippen molar-refractivity contribution in [2.24, 2.45) is 4.99 Å². The predicted molar refractivity (Wildman–Crippen MR) is 240 cm³/mol. The van der Waals surface area contributed by atoms with Gasteiger partial charge in [-0.25, -0.2) is 0 Å². The second-order valence-electron chi connectivity index (χ2n) is 14.3. The Labute approximate surface area is 333 Å². The minimum Gasteiger partial charge on any atom is -0.261 e. The molecule has 55 heavy (non-hydrogen) atoms. The molecule has 3 aliphatic rings. The molecule has 3 aliphatic carbocycles. The van der Waals surface area contributed by atoms with Crippen LogP contribution in [0.4, 0.5) is 0 Å². The molecule has 0 atom stereocenters. The van der Waals surface area contributed by atoms with Gasteiger partial charge in [-0.3, -0.25) is 4.99 Å². The lowest BCUT2D eigenvalue weighted by atomic mass is 9.65. The molecule has 6 aromatic carbocycles. The quantitative estimate of drug-likeness (QED) is 0.134. The predicted octanol–water partition coefficient (Wildman–Crippen LogP) is 14.2. The average Bonchev–Trinajstić information content (AvgIpc) is 3.55. The van der Waals surface area contributed by atoms with Crippen molar-refractivity contribution in [2.75, 3.05) is 0 Å². The van der Waals surface area contributed by atoms with Crippen LogP contribution in [0.15, 0.2) is 203 Å². The molecule has 0 saturated heterocycles. The molecule has 0 saturated carbocycles. The van der Waals surface area contributed by atoms with Gasteiger partial charge in [0.05, 0.1) is 11.1 Å². The van der Waals surface area contributed by atoms with Crippen LogP contribution in [0.2, 0.25) is 0 Å². The standard InChI is InChI=1S/C27H23N.C13H14S.C13H12/c1-2-28-25-19-11-18-24-26(25)22-16-9-10-17-23(22)27(24,20-12-5-3-6-13-20)21-14-7-4-8-15-21;1-10-6-8-11(9-7-10)12-4-2-3-5-13(12)14;1-11-6-5-9-13(10-11)12-7-3-2-4-8-12/h2-10,12-17,19H,11,18H2,1H3;2,4,6-9,14H,3,5H2,1H3;2-10H,1H3. The van der Waals surface area contributed by atoms with Crippen molar-refractivity contribution < 1.29 is 0 Å². The van der Waals surface area contributed by atoms with Crippen molar-refractivity contribution in [1.82, 2.24) is 0 Å². The zero-order valence-corrected chi connectivity index (χ0v) is 33.0. The third-order valence-corrected chi connectivity index (χ3v) is 11.1. The van der Waals surface area contributed by atoms with Gasteiger partial charge in [-0.1, -0.05) is 193 Å². The minimum atomic E-state index is -0.253. The first-order valence-corrected chi connectivity index (χ1v) is 19.9. The Morgan fingerprint density at radius 1 is 0.582 bits per heavy atom. The van der Waals surface area contributed by atoms with E-state index >= 15 is 0 Å². The third-order valence-electron chi connectivity index (χ3n) is 10.7. The highest BCUT2D eigenvalue weighted by molar-refractivity contribution is 7.84. The first-order valence-electron chi connectivity index (χ1n) is 19.4. The van der Waals surface area contributed by atoms with E-state index in [4.69, 9.17) is 4.99 Å². The van der Waals surface area contributed by atoms with Crippen LogP contribution in [0, 0.1) is 13.8 Å². The van der Waals surface area contributed by atoms with Crippen molar-refractivity contribution in [3.05, 3.63) is 237 Å². The van der Waals surface area contributed by atoms with Crippen LogP contribution in [0.5, 0.6) is 0 Å². The summed E-state index contributed by atoms with van der Waals surface area (Å²) in [6.07, 6.45) is 12.9. The summed E-state index contributed by atoms with van der Waals surface area (Å²) in [5, 5.41) is 0. The number of aliphatic imine (C=N–C) groups is 1. The lowest BCUT2D eigenvalue weighted by Gasteiger charge is -2.36. The van der Waals surface area contributed by atoms with E-state index in [1.807, 2.05) is 19.2 Å². The van der Waals surface area contributed by atoms with Crippen molar-refractivity contribution in [3.63, 3.8) is 0 Å². The summed E-state index contributed by atoms with van der Waals surface area (Å²) in [5.41, 5.74) is 16.8. The average molecular weight is 732 g/mol. The number of rotatable bonds is 5. The van der Waals surface area contributed by atoms with Gasteiger partial charge in [0.2, 0.25) is 0 Å². The molecule has 0 fully saturated rings. The van der Waals surface area contributed by atoms with Crippen molar-refractivity contribution in [2.45, 2.75) is 51.9 Å². The number of thiol groups is 1. The molecule has 0 N–H and O–H groups in total. The van der Waals surface area contributed by atoms with E-state index in [9.17, 15) is 0 Å². The smallest absolute Gasteiger partial charge is 0.0677 e. The van der Waals surface area contributed by atoms with Gasteiger partial charge in [-0.2, -0.15) is 0 Å². The number of hydrogen-bond acceptors (Lipinski definition) is 2. The second-order valence-corrected chi connectivity index (χ2v) is 14.8. The molecule has 0 aromatic heterocycles. The molecule has 2 heteroatoms. The van der Waals surface area contributed by atoms with E-state index in [0.29, 0.717) is 0 Å². The van der Waals surface area contributed by atoms with Crippen LogP contribution in [-0.4, -0.2) is 6.21 Å². The van der Waals surface area contributed by atoms with Gasteiger partial charge in [-0.05, 0) is 101 Å². The van der Waals surface area contributed by atoms with E-state index in [2.05, 4.69) is 202 Å². The van der Waals surface area contributed by atoms with E-state index in [1.54, 1.807) is 0 Å². The summed E-state index contributed by atoms with van der Waals surface area (Å²) in [5.74, 6) is 0. The highest BCUT2D eigenvalue weighted by atomic mass is 32.1. The van der Waals surface area contributed by atoms with Crippen LogP contribution in [0.1, 0.15) is 71.6 Å². The fourth-order valence-electron chi connectivity index (χ4n) is 8.16. The Balaban J connectivity index is 0.000000144. The molecule has 0 spiro atoms. The summed E-state index contributed by atoms with van der Waals surface area (Å²) < 4.78 is 0. The van der Waals surface area contributed by atoms with Crippen molar-refractivity contribution in [3.8, 4) is 11.1 Å². The Morgan fingerprint density at radius 3 is 1.84 bits per heavy atom. The zero-order chi connectivity index (χ0) is 38.0. The fourth-order valence-corrected chi connectivity index (χ4v) is 8.50. The molecule has 0 heterocycles. The SMILES string of the molecule is CC=NC1=CCCC2=C1c1ccccc1C2(c1ccccc1)c1ccccc1.Cc1ccc(C2=C(S)CCC=C2)cc1.Cc1cccc(-c2ccccc2)c1. The van der Waals surface area contributed by atoms with Crippen LogP contribution < -0.4 is 0 Å².